The van der Waals surface area contributed by atoms with Crippen LogP contribution in [0.3, 0.4) is 0 Å². The maximum absolute atomic E-state index is 6.88. The molecule has 0 aromatic heterocycles. The van der Waals surface area contributed by atoms with Gasteiger partial charge in [-0.25, -0.2) is 6.57 Å². The second-order valence-corrected chi connectivity index (χ2v) is 2.71. The molecular weight excluding hydrogens is 110 g/mol. The SMILES string of the molecule is [C-]#[N+]C(C)(CC)CCC. The molecule has 0 saturated heterocycles. The lowest BCUT2D eigenvalue weighted by atomic mass is 9.94. The summed E-state index contributed by atoms with van der Waals surface area (Å²) in [6, 6.07) is 0. The van der Waals surface area contributed by atoms with Crippen LogP contribution in [0.25, 0.3) is 4.85 Å². The van der Waals surface area contributed by atoms with E-state index in [-0.39, 0.29) is 5.54 Å². The fourth-order valence-corrected chi connectivity index (χ4v) is 0.850. The Labute approximate surface area is 57.9 Å². The van der Waals surface area contributed by atoms with Crippen LogP contribution in [-0.2, 0) is 0 Å². The Bertz CT molecular complexity index is 112. The third kappa shape index (κ3) is 2.51. The van der Waals surface area contributed by atoms with Gasteiger partial charge in [0.2, 0.25) is 5.54 Å². The summed E-state index contributed by atoms with van der Waals surface area (Å²) in [6.45, 7) is 13.1. The zero-order chi connectivity index (χ0) is 7.33. The molecule has 1 atom stereocenters. The van der Waals surface area contributed by atoms with E-state index in [1.807, 2.05) is 6.92 Å². The zero-order valence-electron chi connectivity index (χ0n) is 6.57. The highest BCUT2D eigenvalue weighted by atomic mass is 14.8. The van der Waals surface area contributed by atoms with Gasteiger partial charge in [0.25, 0.3) is 0 Å². The van der Waals surface area contributed by atoms with E-state index >= 15 is 0 Å². The minimum atomic E-state index is -0.0747. The summed E-state index contributed by atoms with van der Waals surface area (Å²) in [7, 11) is 0. The Kier molecular flexibility index (Phi) is 3.30. The fourth-order valence-electron chi connectivity index (χ4n) is 0.850. The Morgan fingerprint density at radius 3 is 2.11 bits per heavy atom. The van der Waals surface area contributed by atoms with E-state index in [4.69, 9.17) is 6.57 Å². The molecule has 0 bridgehead atoms. The topological polar surface area (TPSA) is 4.36 Å². The van der Waals surface area contributed by atoms with Crippen LogP contribution >= 0.6 is 0 Å². The zero-order valence-corrected chi connectivity index (χ0v) is 6.57. The molecule has 1 nitrogen and oxygen atoms in total. The summed E-state index contributed by atoms with van der Waals surface area (Å²) in [5.41, 5.74) is -0.0747. The molecule has 0 N–H and O–H groups in total. The van der Waals surface area contributed by atoms with Gasteiger partial charge in [0, 0.05) is 19.8 Å². The molecule has 1 unspecified atom stereocenters. The molecule has 1 heteroatoms. The molecule has 0 aliphatic rings. The molecule has 0 heterocycles. The summed E-state index contributed by atoms with van der Waals surface area (Å²) < 4.78 is 0. The van der Waals surface area contributed by atoms with Gasteiger partial charge < -0.3 is 4.85 Å². The van der Waals surface area contributed by atoms with Gasteiger partial charge in [-0.1, -0.05) is 13.8 Å². The van der Waals surface area contributed by atoms with Crippen LogP contribution in [0.5, 0.6) is 0 Å². The number of hydrogen-bond donors (Lipinski definition) is 0. The normalized spacial score (nSPS) is 16.2. The summed E-state index contributed by atoms with van der Waals surface area (Å²) >= 11 is 0. The van der Waals surface area contributed by atoms with Crippen molar-refractivity contribution in [3.05, 3.63) is 11.4 Å². The second kappa shape index (κ2) is 3.50. The van der Waals surface area contributed by atoms with Crippen molar-refractivity contribution in [1.82, 2.24) is 0 Å². The third-order valence-electron chi connectivity index (χ3n) is 1.82. The monoisotopic (exact) mass is 125 g/mol. The minimum absolute atomic E-state index is 0.0747. The first-order valence-electron chi connectivity index (χ1n) is 3.57. The van der Waals surface area contributed by atoms with Crippen LogP contribution in [0, 0.1) is 6.57 Å². The Morgan fingerprint density at radius 1 is 1.44 bits per heavy atom. The molecular formula is C8H15N. The molecule has 0 aromatic carbocycles. The average Bonchev–Trinajstić information content (AvgIpc) is 1.89. The van der Waals surface area contributed by atoms with Crippen LogP contribution in [-0.4, -0.2) is 5.54 Å². The van der Waals surface area contributed by atoms with E-state index in [0.29, 0.717) is 0 Å². The first-order valence-corrected chi connectivity index (χ1v) is 3.57. The fraction of sp³-hybridized carbons (Fsp3) is 0.875. The quantitative estimate of drug-likeness (QED) is 0.511. The molecule has 0 saturated carbocycles. The standard InChI is InChI=1S/C8H15N/c1-5-7-8(3,6-2)9-4/h5-7H2,1-3H3. The highest BCUT2D eigenvalue weighted by Crippen LogP contribution is 2.20. The lowest BCUT2D eigenvalue weighted by Gasteiger charge is -2.12. The van der Waals surface area contributed by atoms with Crippen molar-refractivity contribution in [3.8, 4) is 0 Å². The van der Waals surface area contributed by atoms with Crippen LogP contribution in [0.15, 0.2) is 0 Å². The van der Waals surface area contributed by atoms with Gasteiger partial charge >= 0.3 is 0 Å². The molecule has 0 radical (unpaired) electrons. The molecule has 0 aromatic rings. The van der Waals surface area contributed by atoms with Gasteiger partial charge in [-0.3, -0.25) is 0 Å². The minimum Gasteiger partial charge on any atom is -0.311 e. The maximum Gasteiger partial charge on any atom is 0.229 e. The molecule has 9 heavy (non-hydrogen) atoms. The largest absolute Gasteiger partial charge is 0.311 e. The maximum atomic E-state index is 6.88. The second-order valence-electron chi connectivity index (χ2n) is 2.71. The van der Waals surface area contributed by atoms with Crippen molar-refractivity contribution >= 4 is 0 Å². The predicted molar refractivity (Wildman–Crippen MR) is 40.2 cm³/mol. The Hall–Kier alpha value is -0.510. The van der Waals surface area contributed by atoms with Crippen LogP contribution < -0.4 is 0 Å². The van der Waals surface area contributed by atoms with E-state index in [1.54, 1.807) is 0 Å². The van der Waals surface area contributed by atoms with Crippen molar-refractivity contribution in [3.63, 3.8) is 0 Å². The third-order valence-corrected chi connectivity index (χ3v) is 1.82. The molecule has 0 aliphatic carbocycles. The lowest BCUT2D eigenvalue weighted by Crippen LogP contribution is -2.17. The van der Waals surface area contributed by atoms with E-state index in [0.717, 1.165) is 19.3 Å². The first kappa shape index (κ1) is 8.49. The summed E-state index contributed by atoms with van der Waals surface area (Å²) in [6.07, 6.45) is 3.13. The van der Waals surface area contributed by atoms with Crippen LogP contribution in [0.2, 0.25) is 0 Å². The van der Waals surface area contributed by atoms with Gasteiger partial charge in [-0.2, -0.15) is 0 Å². The molecule has 0 spiro atoms. The van der Waals surface area contributed by atoms with Crippen molar-refractivity contribution in [1.29, 1.82) is 0 Å². The van der Waals surface area contributed by atoms with Crippen LogP contribution in [0.4, 0.5) is 0 Å². The molecule has 0 amide bonds. The van der Waals surface area contributed by atoms with Crippen molar-refractivity contribution in [2.24, 2.45) is 0 Å². The lowest BCUT2D eigenvalue weighted by molar-refractivity contribution is 0.485. The summed E-state index contributed by atoms with van der Waals surface area (Å²) in [5, 5.41) is 0. The molecule has 52 valence electrons. The van der Waals surface area contributed by atoms with Crippen LogP contribution in [0.1, 0.15) is 40.0 Å². The molecule has 0 aliphatic heterocycles. The van der Waals surface area contributed by atoms with E-state index in [1.165, 1.54) is 0 Å². The van der Waals surface area contributed by atoms with Gasteiger partial charge in [-0.15, -0.1) is 0 Å². The van der Waals surface area contributed by atoms with E-state index in [9.17, 15) is 0 Å². The molecule has 0 rings (SSSR count). The number of nitrogens with zero attached hydrogens (tertiary/aromatic N) is 1. The van der Waals surface area contributed by atoms with Gasteiger partial charge in [0.15, 0.2) is 0 Å². The van der Waals surface area contributed by atoms with Gasteiger partial charge in [0.05, 0.1) is 0 Å². The van der Waals surface area contributed by atoms with E-state index in [2.05, 4.69) is 18.7 Å². The number of hydrogen-bond acceptors (Lipinski definition) is 0. The highest BCUT2D eigenvalue weighted by molar-refractivity contribution is 4.91. The van der Waals surface area contributed by atoms with Crippen molar-refractivity contribution in [2.45, 2.75) is 45.6 Å². The summed E-state index contributed by atoms with van der Waals surface area (Å²) in [4.78, 5) is 3.58. The van der Waals surface area contributed by atoms with Crippen molar-refractivity contribution < 1.29 is 0 Å². The predicted octanol–water partition coefficient (Wildman–Crippen LogP) is 2.87. The highest BCUT2D eigenvalue weighted by Gasteiger charge is 2.25. The molecule has 0 fully saturated rings. The number of rotatable bonds is 3. The summed E-state index contributed by atoms with van der Waals surface area (Å²) in [5.74, 6) is 0. The average molecular weight is 125 g/mol. The van der Waals surface area contributed by atoms with Gasteiger partial charge in [-0.05, 0) is 6.42 Å². The van der Waals surface area contributed by atoms with Crippen molar-refractivity contribution in [2.75, 3.05) is 0 Å². The first-order chi connectivity index (χ1) is 4.18. The Balaban J connectivity index is 3.81. The van der Waals surface area contributed by atoms with Gasteiger partial charge in [0.1, 0.15) is 0 Å². The Morgan fingerprint density at radius 2 is 2.00 bits per heavy atom. The smallest absolute Gasteiger partial charge is 0.229 e. The van der Waals surface area contributed by atoms with E-state index < -0.39 is 0 Å².